The van der Waals surface area contributed by atoms with E-state index in [1.807, 2.05) is 94.6 Å². The first-order chi connectivity index (χ1) is 44.3. The van der Waals surface area contributed by atoms with Gasteiger partial charge in [0.1, 0.15) is 35.3 Å². The molecule has 2 aromatic heterocycles. The highest BCUT2D eigenvalue weighted by Gasteiger charge is 2.41. The lowest BCUT2D eigenvalue weighted by molar-refractivity contribution is -0.137. The highest BCUT2D eigenvalue weighted by atomic mass is 35.5. The van der Waals surface area contributed by atoms with Gasteiger partial charge in [0.2, 0.25) is 23.6 Å². The largest absolute Gasteiger partial charge is 0.497 e. The van der Waals surface area contributed by atoms with E-state index in [0.29, 0.717) is 108 Å². The third kappa shape index (κ3) is 16.9. The molecule has 0 radical (unpaired) electrons. The van der Waals surface area contributed by atoms with E-state index in [-0.39, 0.29) is 54.0 Å². The number of H-pyrrole nitrogens is 1. The lowest BCUT2D eigenvalue weighted by Crippen LogP contribution is -2.60. The number of halogens is 1. The number of carbonyl (C=O) groups is 5. The molecule has 0 bridgehead atoms. The number of nitrogens with two attached hydrogens (primary N) is 1. The van der Waals surface area contributed by atoms with Gasteiger partial charge in [-0.25, -0.2) is 9.97 Å². The molecule has 21 nitrogen and oxygen atoms in total. The van der Waals surface area contributed by atoms with Crippen molar-refractivity contribution in [1.82, 2.24) is 60.3 Å². The number of aromatic nitrogens is 3. The minimum absolute atomic E-state index is 0.0305. The van der Waals surface area contributed by atoms with Crippen molar-refractivity contribution in [2.24, 2.45) is 17.6 Å². The molecule has 490 valence electrons. The summed E-state index contributed by atoms with van der Waals surface area (Å²) in [7, 11) is 1.63. The highest BCUT2D eigenvalue weighted by molar-refractivity contribution is 6.30. The topological polar surface area (TPSA) is 230 Å². The molecule has 1 saturated carbocycles. The van der Waals surface area contributed by atoms with Gasteiger partial charge < -0.3 is 55.7 Å². The Kier molecular flexibility index (Phi) is 22.5. The second-order valence-corrected chi connectivity index (χ2v) is 26.6. The quantitative estimate of drug-likeness (QED) is 0.0474. The minimum Gasteiger partial charge on any atom is -0.497 e. The smallest absolute Gasteiger partial charge is 0.251 e. The van der Waals surface area contributed by atoms with Crippen molar-refractivity contribution in [3.8, 4) is 11.5 Å². The normalized spacial score (nSPS) is 20.7. The van der Waals surface area contributed by atoms with E-state index in [1.54, 1.807) is 13.4 Å². The SMILES string of the molecule is CCOc1cc(OC)ccc1CNCC(=O)N1CCCC(c2cccc(C(=O)N[C@H](C(=O)N3CCN(CC4CCN(CC(=O)N5CCN(CC[C@H](NC(=O)C6(N)CCN(c7ncnc8[nH]ccc78)CC6)c6ccc(Cl)cc6)CC5)CC4)CC3)C3CCCCC3)c2)C1. The van der Waals surface area contributed by atoms with Crippen LogP contribution in [0.5, 0.6) is 11.5 Å². The van der Waals surface area contributed by atoms with E-state index >= 15 is 0 Å². The second-order valence-electron chi connectivity index (χ2n) is 26.2. The Labute approximate surface area is 541 Å². The summed E-state index contributed by atoms with van der Waals surface area (Å²) in [5.74, 6) is 2.91. The van der Waals surface area contributed by atoms with Crippen LogP contribution in [-0.2, 0) is 25.7 Å². The molecule has 6 N–H and O–H groups in total. The molecule has 22 heteroatoms. The number of hydrogen-bond acceptors (Lipinski definition) is 15. The van der Waals surface area contributed by atoms with Crippen LogP contribution in [-0.4, -0.2) is 217 Å². The number of rotatable bonds is 23. The van der Waals surface area contributed by atoms with Crippen molar-refractivity contribution in [3.63, 3.8) is 0 Å². The molecular weight excluding hydrogens is 1170 g/mol. The van der Waals surface area contributed by atoms with E-state index in [9.17, 15) is 24.0 Å². The molecular formula is C69H95ClN14O7. The summed E-state index contributed by atoms with van der Waals surface area (Å²) in [6.45, 7) is 15.3. The van der Waals surface area contributed by atoms with Crippen LogP contribution in [0.3, 0.4) is 0 Å². The van der Waals surface area contributed by atoms with Gasteiger partial charge in [0.25, 0.3) is 5.91 Å². The monoisotopic (exact) mass is 1270 g/mol. The molecule has 1 unspecified atom stereocenters. The predicted octanol–water partition coefficient (Wildman–Crippen LogP) is 6.44. The Morgan fingerprint density at radius 3 is 2.24 bits per heavy atom. The van der Waals surface area contributed by atoms with E-state index < -0.39 is 11.6 Å². The van der Waals surface area contributed by atoms with Gasteiger partial charge in [-0.15, -0.1) is 0 Å². The zero-order valence-corrected chi connectivity index (χ0v) is 54.2. The summed E-state index contributed by atoms with van der Waals surface area (Å²) >= 11 is 6.31. The lowest BCUT2D eigenvalue weighted by atomic mass is 9.83. The summed E-state index contributed by atoms with van der Waals surface area (Å²) in [6.07, 6.45) is 14.1. The molecule has 3 aromatic carbocycles. The number of fused-ring (bicyclic) bond motifs is 1. The molecule has 5 amide bonds. The van der Waals surface area contributed by atoms with Gasteiger partial charge in [0.05, 0.1) is 43.8 Å². The number of hydrogen-bond donors (Lipinski definition) is 5. The van der Waals surface area contributed by atoms with Crippen LogP contribution in [0, 0.1) is 11.8 Å². The fourth-order valence-corrected chi connectivity index (χ4v) is 14.8. The van der Waals surface area contributed by atoms with E-state index in [2.05, 4.69) is 56.6 Å². The Bertz CT molecular complexity index is 3240. The maximum atomic E-state index is 14.6. The van der Waals surface area contributed by atoms with Crippen molar-refractivity contribution in [2.75, 3.05) is 136 Å². The number of nitrogens with one attached hydrogen (secondary N) is 4. The molecule has 11 rings (SSSR count). The van der Waals surface area contributed by atoms with Crippen LogP contribution in [0.15, 0.2) is 85.3 Å². The summed E-state index contributed by atoms with van der Waals surface area (Å²) in [5.41, 5.74) is 10.2. The Balaban J connectivity index is 0.592. The van der Waals surface area contributed by atoms with Crippen LogP contribution in [0.25, 0.3) is 11.0 Å². The summed E-state index contributed by atoms with van der Waals surface area (Å²) in [5, 5.41) is 11.5. The molecule has 3 atom stereocenters. The number of piperazine rings is 2. The van der Waals surface area contributed by atoms with Crippen LogP contribution in [0.2, 0.25) is 5.02 Å². The fraction of sp³-hybridized carbons (Fsp3) is 0.580. The van der Waals surface area contributed by atoms with Crippen LogP contribution in [0.1, 0.15) is 123 Å². The first kappa shape index (κ1) is 65.6. The summed E-state index contributed by atoms with van der Waals surface area (Å²) < 4.78 is 11.2. The van der Waals surface area contributed by atoms with Gasteiger partial charge in [-0.05, 0) is 137 Å². The first-order valence-corrected chi connectivity index (χ1v) is 34.0. The number of likely N-dealkylation sites (tertiary alicyclic amines) is 2. The van der Waals surface area contributed by atoms with E-state index in [1.165, 1.54) is 0 Å². The van der Waals surface area contributed by atoms with Crippen LogP contribution in [0.4, 0.5) is 5.82 Å². The van der Waals surface area contributed by atoms with Gasteiger partial charge in [0.15, 0.2) is 0 Å². The standard InChI is InChI=1S/C69H95ClN14O7/c1-3-91-60-42-57(90-2)19-16-54(60)43-72-44-61(85)84-27-8-13-55(46-84)52-11-7-12-53(41-52)66(87)77-63(51-9-5-4-6-10-51)67(88)83-39-35-80(36-40-83)45-49-21-28-79(29-22-49)47-62(86)81-37-33-78(34-38-81)30-23-59(50-14-17-56(70)18-15-50)76-68(89)69(71)24-31-82(32-25-69)65-58-20-26-73-64(58)74-48-75-65/h7,11-12,14-20,26,41-42,48-49,51,55,59,63,72H,3-6,8-10,13,21-25,27-40,43-47,71H2,1-2H3,(H,76,89)(H,77,87)(H,73,74,75)/t55?,59-,63-/m0/s1. The number of nitrogens with zero attached hydrogens (tertiary/aromatic N) is 9. The molecule has 5 saturated heterocycles. The zero-order valence-electron chi connectivity index (χ0n) is 53.4. The van der Waals surface area contributed by atoms with Gasteiger partial charge in [-0.3, -0.25) is 38.7 Å². The Morgan fingerprint density at radius 1 is 0.747 bits per heavy atom. The fourth-order valence-electron chi connectivity index (χ4n) is 14.6. The molecule has 6 aliphatic rings. The highest BCUT2D eigenvalue weighted by Crippen LogP contribution is 2.33. The lowest BCUT2D eigenvalue weighted by Gasteiger charge is -2.41. The van der Waals surface area contributed by atoms with Gasteiger partial charge in [-0.1, -0.05) is 61.2 Å². The van der Waals surface area contributed by atoms with Crippen molar-refractivity contribution >= 4 is 58.0 Å². The molecule has 0 spiro atoms. The van der Waals surface area contributed by atoms with Crippen molar-refractivity contribution in [2.45, 2.75) is 114 Å². The Hall–Kier alpha value is -6.88. The predicted molar refractivity (Wildman–Crippen MR) is 353 cm³/mol. The number of carbonyl (C=O) groups excluding carboxylic acids is 5. The summed E-state index contributed by atoms with van der Waals surface area (Å²) in [6, 6.07) is 22.3. The Morgan fingerprint density at radius 2 is 1.49 bits per heavy atom. The third-order valence-electron chi connectivity index (χ3n) is 20.3. The van der Waals surface area contributed by atoms with E-state index in [0.717, 1.165) is 155 Å². The van der Waals surface area contributed by atoms with Crippen LogP contribution < -0.4 is 36.1 Å². The second kappa shape index (κ2) is 31.2. The molecule has 91 heavy (non-hydrogen) atoms. The average molecular weight is 1270 g/mol. The number of piperidine rings is 3. The zero-order chi connectivity index (χ0) is 63.3. The molecule has 1 aliphatic carbocycles. The van der Waals surface area contributed by atoms with Gasteiger partial charge in [0, 0.05) is 133 Å². The minimum atomic E-state index is -1.02. The van der Waals surface area contributed by atoms with E-state index in [4.69, 9.17) is 26.8 Å². The molecule has 7 heterocycles. The maximum Gasteiger partial charge on any atom is 0.251 e. The number of benzene rings is 3. The van der Waals surface area contributed by atoms with Crippen molar-refractivity contribution in [1.29, 1.82) is 0 Å². The molecule has 6 fully saturated rings. The molecule has 5 aliphatic heterocycles. The molecule has 5 aromatic rings. The van der Waals surface area contributed by atoms with Crippen molar-refractivity contribution in [3.05, 3.63) is 113 Å². The number of methoxy groups -OCH3 is 1. The van der Waals surface area contributed by atoms with Gasteiger partial charge >= 0.3 is 0 Å². The van der Waals surface area contributed by atoms with Crippen LogP contribution >= 0.6 is 11.6 Å². The third-order valence-corrected chi connectivity index (χ3v) is 20.5. The van der Waals surface area contributed by atoms with Crippen molar-refractivity contribution < 1.29 is 33.4 Å². The number of anilines is 1. The number of amides is 5. The number of aromatic amines is 1. The van der Waals surface area contributed by atoms with Gasteiger partial charge in [-0.2, -0.15) is 0 Å². The number of ether oxygens (including phenoxy) is 2. The maximum absolute atomic E-state index is 14.6. The first-order valence-electron chi connectivity index (χ1n) is 33.6. The average Bonchev–Trinajstić information content (AvgIpc) is 2.18. The summed E-state index contributed by atoms with van der Waals surface area (Å²) in [4.78, 5) is 97.5.